The molecule has 3 aromatic carbocycles. The molecule has 0 bridgehead atoms. The largest absolute Gasteiger partial charge is 0.489 e. The Balaban J connectivity index is 1.22. The van der Waals surface area contributed by atoms with Gasteiger partial charge in [0.15, 0.2) is 0 Å². The van der Waals surface area contributed by atoms with Gasteiger partial charge in [-0.3, -0.25) is 4.90 Å². The van der Waals surface area contributed by atoms with Crippen molar-refractivity contribution >= 4 is 23.2 Å². The summed E-state index contributed by atoms with van der Waals surface area (Å²) in [6.07, 6.45) is 2.36. The lowest BCUT2D eigenvalue weighted by Gasteiger charge is -2.32. The first-order valence-electron chi connectivity index (χ1n) is 10.8. The summed E-state index contributed by atoms with van der Waals surface area (Å²) < 4.78 is 5.95. The Kier molecular flexibility index (Phi) is 7.87. The highest BCUT2D eigenvalue weighted by Crippen LogP contribution is 2.23. The molecule has 4 rings (SSSR count). The van der Waals surface area contributed by atoms with Crippen molar-refractivity contribution < 1.29 is 4.74 Å². The van der Waals surface area contributed by atoms with Crippen LogP contribution in [0, 0.1) is 0 Å². The molecule has 3 aromatic rings. The molecule has 1 aliphatic rings. The molecule has 1 aliphatic heterocycles. The molecule has 1 heterocycles. The topological polar surface area (TPSA) is 24.5 Å². The molecule has 0 saturated carbocycles. The number of ether oxygens (including phenoxy) is 1. The third kappa shape index (κ3) is 6.72. The van der Waals surface area contributed by atoms with Gasteiger partial charge in [-0.15, -0.1) is 0 Å². The maximum atomic E-state index is 6.24. The van der Waals surface area contributed by atoms with Crippen molar-refractivity contribution in [3.63, 3.8) is 0 Å². The normalized spacial score (nSPS) is 15.2. The summed E-state index contributed by atoms with van der Waals surface area (Å²) in [6, 6.07) is 25.0. The average Bonchev–Trinajstić information content (AvgIpc) is 2.79. The first-order chi connectivity index (χ1) is 15.2. The highest BCUT2D eigenvalue weighted by molar-refractivity contribution is 6.35. The minimum Gasteiger partial charge on any atom is -0.489 e. The van der Waals surface area contributed by atoms with Crippen LogP contribution in [0.4, 0.5) is 0 Å². The van der Waals surface area contributed by atoms with Crippen molar-refractivity contribution in [3.8, 4) is 5.75 Å². The summed E-state index contributed by atoms with van der Waals surface area (Å²) in [7, 11) is 0. The second-order valence-corrected chi connectivity index (χ2v) is 8.93. The number of hydrogen-bond acceptors (Lipinski definition) is 3. The third-order valence-corrected chi connectivity index (χ3v) is 6.33. The van der Waals surface area contributed by atoms with E-state index in [1.807, 2.05) is 24.3 Å². The highest BCUT2D eigenvalue weighted by Gasteiger charge is 2.18. The van der Waals surface area contributed by atoms with Crippen molar-refractivity contribution in [3.05, 3.63) is 99.5 Å². The number of nitrogens with zero attached hydrogens (tertiary/aromatic N) is 1. The quantitative estimate of drug-likeness (QED) is 0.430. The lowest BCUT2D eigenvalue weighted by molar-refractivity contribution is 0.190. The van der Waals surface area contributed by atoms with E-state index < -0.39 is 0 Å². The molecule has 0 unspecified atom stereocenters. The Morgan fingerprint density at radius 2 is 1.65 bits per heavy atom. The summed E-state index contributed by atoms with van der Waals surface area (Å²) in [4.78, 5) is 2.55. The molecule has 0 aromatic heterocycles. The number of likely N-dealkylation sites (tertiary alicyclic amines) is 1. The van der Waals surface area contributed by atoms with Crippen LogP contribution in [0.3, 0.4) is 0 Å². The van der Waals surface area contributed by atoms with Crippen LogP contribution in [0.5, 0.6) is 5.75 Å². The van der Waals surface area contributed by atoms with Crippen molar-refractivity contribution in [1.82, 2.24) is 10.2 Å². The second kappa shape index (κ2) is 11.0. The molecular weight excluding hydrogens is 427 g/mol. The fourth-order valence-corrected chi connectivity index (χ4v) is 4.41. The number of rotatable bonds is 8. The van der Waals surface area contributed by atoms with Gasteiger partial charge in [0, 0.05) is 34.7 Å². The molecule has 31 heavy (non-hydrogen) atoms. The summed E-state index contributed by atoms with van der Waals surface area (Å²) >= 11 is 12.2. The molecule has 162 valence electrons. The monoisotopic (exact) mass is 454 g/mol. The van der Waals surface area contributed by atoms with E-state index in [4.69, 9.17) is 27.9 Å². The molecule has 0 radical (unpaired) electrons. The Labute approximate surface area is 194 Å². The maximum Gasteiger partial charge on any atom is 0.120 e. The highest BCUT2D eigenvalue weighted by atomic mass is 35.5. The van der Waals surface area contributed by atoms with Crippen molar-refractivity contribution in [2.24, 2.45) is 0 Å². The van der Waals surface area contributed by atoms with Gasteiger partial charge < -0.3 is 10.1 Å². The van der Waals surface area contributed by atoms with Gasteiger partial charge in [-0.1, -0.05) is 71.7 Å². The van der Waals surface area contributed by atoms with E-state index in [2.05, 4.69) is 52.7 Å². The summed E-state index contributed by atoms with van der Waals surface area (Å²) in [5, 5.41) is 4.98. The van der Waals surface area contributed by atoms with Gasteiger partial charge in [0.25, 0.3) is 0 Å². The predicted molar refractivity (Wildman–Crippen MR) is 129 cm³/mol. The number of hydrogen-bond donors (Lipinski definition) is 1. The van der Waals surface area contributed by atoms with Crippen LogP contribution in [-0.2, 0) is 19.7 Å². The van der Waals surface area contributed by atoms with Gasteiger partial charge in [-0.25, -0.2) is 0 Å². The van der Waals surface area contributed by atoms with Gasteiger partial charge in [-0.2, -0.15) is 0 Å². The molecule has 0 spiro atoms. The smallest absolute Gasteiger partial charge is 0.120 e. The lowest BCUT2D eigenvalue weighted by Crippen LogP contribution is -2.41. The standard InChI is InChI=1S/C26H28Cl2N2O/c27-23-10-9-22(26(28)16-23)19-31-25-8-4-7-21(15-25)17-29-24-11-13-30(14-12-24)18-20-5-2-1-3-6-20/h1-10,15-16,24,29H,11-14,17-19H2. The average molecular weight is 455 g/mol. The maximum absolute atomic E-state index is 6.24. The zero-order valence-electron chi connectivity index (χ0n) is 17.6. The Morgan fingerprint density at radius 1 is 0.871 bits per heavy atom. The molecule has 0 amide bonds. The first-order valence-corrected chi connectivity index (χ1v) is 11.6. The SMILES string of the molecule is Clc1ccc(COc2cccc(CNC3CCN(Cc4ccccc4)CC3)c2)c(Cl)c1. The van der Waals surface area contributed by atoms with Crippen LogP contribution in [-0.4, -0.2) is 24.0 Å². The van der Waals surface area contributed by atoms with Crippen molar-refractivity contribution in [2.75, 3.05) is 13.1 Å². The molecule has 5 heteroatoms. The van der Waals surface area contributed by atoms with Crippen LogP contribution in [0.2, 0.25) is 10.0 Å². The molecule has 0 aliphatic carbocycles. The van der Waals surface area contributed by atoms with E-state index in [1.165, 1.54) is 24.0 Å². The Morgan fingerprint density at radius 3 is 2.42 bits per heavy atom. The van der Waals surface area contributed by atoms with Crippen LogP contribution in [0.25, 0.3) is 0 Å². The van der Waals surface area contributed by atoms with Gasteiger partial charge in [0.1, 0.15) is 12.4 Å². The second-order valence-electron chi connectivity index (χ2n) is 8.09. The van der Waals surface area contributed by atoms with E-state index in [-0.39, 0.29) is 0 Å². The molecule has 3 nitrogen and oxygen atoms in total. The van der Waals surface area contributed by atoms with Crippen molar-refractivity contribution in [1.29, 1.82) is 0 Å². The van der Waals surface area contributed by atoms with Gasteiger partial charge >= 0.3 is 0 Å². The zero-order valence-corrected chi connectivity index (χ0v) is 19.1. The van der Waals surface area contributed by atoms with Crippen LogP contribution < -0.4 is 10.1 Å². The van der Waals surface area contributed by atoms with Gasteiger partial charge in [0.2, 0.25) is 0 Å². The van der Waals surface area contributed by atoms with E-state index in [1.54, 1.807) is 6.07 Å². The van der Waals surface area contributed by atoms with E-state index in [0.29, 0.717) is 22.7 Å². The van der Waals surface area contributed by atoms with Gasteiger partial charge in [0.05, 0.1) is 0 Å². The molecular formula is C26H28Cl2N2O. The first kappa shape index (κ1) is 22.2. The summed E-state index contributed by atoms with van der Waals surface area (Å²) in [5.41, 5.74) is 3.55. The van der Waals surface area contributed by atoms with E-state index >= 15 is 0 Å². The number of halogens is 2. The third-order valence-electron chi connectivity index (χ3n) is 5.74. The summed E-state index contributed by atoms with van der Waals surface area (Å²) in [5.74, 6) is 0.850. The minimum absolute atomic E-state index is 0.423. The lowest BCUT2D eigenvalue weighted by atomic mass is 10.0. The number of nitrogens with one attached hydrogen (secondary N) is 1. The fourth-order valence-electron chi connectivity index (χ4n) is 3.94. The van der Waals surface area contributed by atoms with Crippen LogP contribution >= 0.6 is 23.2 Å². The number of piperidine rings is 1. The molecule has 0 atom stereocenters. The fraction of sp³-hybridized carbons (Fsp3) is 0.308. The van der Waals surface area contributed by atoms with E-state index in [0.717, 1.165) is 37.5 Å². The zero-order chi connectivity index (χ0) is 21.5. The number of benzene rings is 3. The van der Waals surface area contributed by atoms with Crippen molar-refractivity contribution in [2.45, 2.75) is 38.6 Å². The predicted octanol–water partition coefficient (Wildman–Crippen LogP) is 6.33. The van der Waals surface area contributed by atoms with E-state index in [9.17, 15) is 0 Å². The van der Waals surface area contributed by atoms with Crippen LogP contribution in [0.1, 0.15) is 29.5 Å². The molecule has 1 fully saturated rings. The minimum atomic E-state index is 0.423. The Bertz CT molecular complexity index is 972. The molecule has 1 N–H and O–H groups in total. The molecule has 1 saturated heterocycles. The van der Waals surface area contributed by atoms with Gasteiger partial charge in [-0.05, 0) is 61.3 Å². The summed E-state index contributed by atoms with van der Waals surface area (Å²) in [6.45, 7) is 4.59. The van der Waals surface area contributed by atoms with Crippen LogP contribution in [0.15, 0.2) is 72.8 Å². The Hall–Kier alpha value is -2.04.